The van der Waals surface area contributed by atoms with Crippen molar-refractivity contribution in [3.63, 3.8) is 0 Å². The average molecular weight is 290 g/mol. The molecule has 0 amide bonds. The normalized spacial score (nSPS) is 13.0. The van der Waals surface area contributed by atoms with Gasteiger partial charge in [-0.05, 0) is 13.8 Å². The van der Waals surface area contributed by atoms with E-state index in [0.29, 0.717) is 13.2 Å². The van der Waals surface area contributed by atoms with Crippen molar-refractivity contribution in [3.05, 3.63) is 0 Å². The number of hydrogen-bond acceptors (Lipinski definition) is 5. The van der Waals surface area contributed by atoms with E-state index < -0.39 is 0 Å². The van der Waals surface area contributed by atoms with Gasteiger partial charge in [-0.2, -0.15) is 0 Å². The highest BCUT2D eigenvalue weighted by atomic mass is 16.5. The summed E-state index contributed by atoms with van der Waals surface area (Å²) >= 11 is 0. The Morgan fingerprint density at radius 2 is 1.30 bits per heavy atom. The van der Waals surface area contributed by atoms with Gasteiger partial charge in [-0.1, -0.05) is 38.5 Å². The lowest BCUT2D eigenvalue weighted by molar-refractivity contribution is -0.144. The van der Waals surface area contributed by atoms with Gasteiger partial charge in [0.1, 0.15) is 0 Å². The smallest absolute Gasteiger partial charge is 0.308 e. The van der Waals surface area contributed by atoms with E-state index in [0.717, 1.165) is 0 Å². The van der Waals surface area contributed by atoms with Crippen LogP contribution in [-0.2, 0) is 19.1 Å². The molecule has 1 aliphatic carbocycles. The minimum atomic E-state index is -0.338. The van der Waals surface area contributed by atoms with E-state index in [9.17, 15) is 9.59 Å². The predicted molar refractivity (Wildman–Crippen MR) is 78.3 cm³/mol. The van der Waals surface area contributed by atoms with E-state index in [-0.39, 0.29) is 25.0 Å². The van der Waals surface area contributed by atoms with Gasteiger partial charge in [0.15, 0.2) is 0 Å². The summed E-state index contributed by atoms with van der Waals surface area (Å²) in [5.74, 6) is -0.549. The van der Waals surface area contributed by atoms with Crippen LogP contribution in [0.3, 0.4) is 0 Å². The van der Waals surface area contributed by atoms with Gasteiger partial charge in [0, 0.05) is 6.92 Å². The lowest BCUT2D eigenvalue weighted by Gasteiger charge is -2.05. The van der Waals surface area contributed by atoms with Gasteiger partial charge >= 0.3 is 11.9 Å². The molecule has 1 rings (SSSR count). The molecular weight excluding hydrogens is 260 g/mol. The Hall–Kier alpha value is -1.10. The van der Waals surface area contributed by atoms with Crippen molar-refractivity contribution in [2.24, 2.45) is 0 Å². The topological polar surface area (TPSA) is 72.8 Å². The molecule has 5 heteroatoms. The second kappa shape index (κ2) is 17.9. The van der Waals surface area contributed by atoms with Crippen LogP contribution in [0.15, 0.2) is 0 Å². The molecule has 0 aromatic heterocycles. The Morgan fingerprint density at radius 3 is 1.50 bits per heavy atom. The first-order valence-electron chi connectivity index (χ1n) is 7.48. The minimum Gasteiger partial charge on any atom is -0.466 e. The van der Waals surface area contributed by atoms with Crippen molar-refractivity contribution in [2.45, 2.75) is 65.7 Å². The molecule has 0 saturated heterocycles. The first-order valence-corrected chi connectivity index (χ1v) is 7.48. The lowest BCUT2D eigenvalue weighted by atomic mass is 10.0. The second-order valence-electron chi connectivity index (χ2n) is 4.32. The Kier molecular flexibility index (Phi) is 19.0. The molecule has 0 heterocycles. The summed E-state index contributed by atoms with van der Waals surface area (Å²) in [5, 5.41) is 8.16. The van der Waals surface area contributed by atoms with Crippen LogP contribution in [0.4, 0.5) is 0 Å². The van der Waals surface area contributed by atoms with Crippen molar-refractivity contribution in [1.82, 2.24) is 0 Å². The molecule has 1 aliphatic rings. The monoisotopic (exact) mass is 290 g/mol. The largest absolute Gasteiger partial charge is 0.466 e. The maximum Gasteiger partial charge on any atom is 0.308 e. The molecule has 0 spiro atoms. The Labute approximate surface area is 122 Å². The Bertz CT molecular complexity index is 205. The van der Waals surface area contributed by atoms with E-state index in [2.05, 4.69) is 9.47 Å². The van der Waals surface area contributed by atoms with E-state index in [4.69, 9.17) is 5.11 Å². The van der Waals surface area contributed by atoms with E-state index in [1.54, 1.807) is 13.8 Å². The number of esters is 2. The third-order valence-corrected chi connectivity index (χ3v) is 2.47. The number of aliphatic hydroxyl groups excluding tert-OH is 1. The summed E-state index contributed by atoms with van der Waals surface area (Å²) in [7, 11) is 0. The maximum atomic E-state index is 10.3. The summed E-state index contributed by atoms with van der Waals surface area (Å²) < 4.78 is 8.89. The third-order valence-electron chi connectivity index (χ3n) is 2.47. The molecule has 0 unspecified atom stereocenters. The molecule has 0 atom stereocenters. The van der Waals surface area contributed by atoms with E-state index in [1.807, 2.05) is 0 Å². The summed E-state index contributed by atoms with van der Waals surface area (Å²) in [6, 6.07) is 0. The highest BCUT2D eigenvalue weighted by Gasteiger charge is 1.96. The van der Waals surface area contributed by atoms with Gasteiger partial charge in [0.25, 0.3) is 0 Å². The van der Waals surface area contributed by atoms with Gasteiger partial charge < -0.3 is 14.6 Å². The summed E-state index contributed by atoms with van der Waals surface area (Å²) in [5.41, 5.74) is 0. The number of carbonyl (C=O) groups excluding carboxylic acids is 2. The number of rotatable bonds is 4. The van der Waals surface area contributed by atoms with Crippen molar-refractivity contribution >= 4 is 11.9 Å². The van der Waals surface area contributed by atoms with Crippen LogP contribution in [0, 0.1) is 0 Å². The van der Waals surface area contributed by atoms with Gasteiger partial charge in [-0.3, -0.25) is 9.59 Å². The fraction of sp³-hybridized carbons (Fsp3) is 0.867. The van der Waals surface area contributed by atoms with Crippen LogP contribution in [-0.4, -0.2) is 36.9 Å². The Morgan fingerprint density at radius 1 is 0.900 bits per heavy atom. The number of ether oxygens (including phenoxy) is 2. The number of aliphatic hydroxyl groups is 1. The predicted octanol–water partition coefficient (Wildman–Crippen LogP) is 2.84. The summed E-state index contributed by atoms with van der Waals surface area (Å²) in [4.78, 5) is 20.1. The standard InChI is InChI=1S/C6H12.C5H10O3.C4H8O2/c1-2-4-6-5-3-1;1-2-8-5(7)3-4-6;1-3-6-4(2)5/h1-6H2;6H,2-4H2,1H3;3H2,1-2H3. The molecule has 0 aromatic carbocycles. The van der Waals surface area contributed by atoms with Crippen molar-refractivity contribution < 1.29 is 24.2 Å². The first kappa shape index (κ1) is 21.2. The molecule has 0 radical (unpaired) electrons. The van der Waals surface area contributed by atoms with Gasteiger partial charge in [0.2, 0.25) is 0 Å². The molecule has 5 nitrogen and oxygen atoms in total. The SMILES string of the molecule is C1CCCCC1.CCOC(=O)CCO.CCOC(C)=O. The lowest BCUT2D eigenvalue weighted by Crippen LogP contribution is -2.05. The quantitative estimate of drug-likeness (QED) is 0.806. The van der Waals surface area contributed by atoms with Crippen LogP contribution in [0.25, 0.3) is 0 Å². The first-order chi connectivity index (χ1) is 9.58. The van der Waals surface area contributed by atoms with Crippen LogP contribution in [0.5, 0.6) is 0 Å². The zero-order chi connectivity index (χ0) is 15.6. The van der Waals surface area contributed by atoms with Gasteiger partial charge in [-0.15, -0.1) is 0 Å². The van der Waals surface area contributed by atoms with E-state index in [1.165, 1.54) is 45.4 Å². The van der Waals surface area contributed by atoms with Crippen molar-refractivity contribution in [3.8, 4) is 0 Å². The highest BCUT2D eigenvalue weighted by molar-refractivity contribution is 5.69. The van der Waals surface area contributed by atoms with Gasteiger partial charge in [-0.25, -0.2) is 0 Å². The molecule has 1 N–H and O–H groups in total. The number of hydrogen-bond donors (Lipinski definition) is 1. The van der Waals surface area contributed by atoms with Crippen LogP contribution in [0.1, 0.15) is 65.7 Å². The van der Waals surface area contributed by atoms with Crippen molar-refractivity contribution in [1.29, 1.82) is 0 Å². The summed E-state index contributed by atoms with van der Waals surface area (Å²) in [6.45, 7) is 5.65. The molecule has 20 heavy (non-hydrogen) atoms. The molecule has 0 aliphatic heterocycles. The fourth-order valence-corrected chi connectivity index (χ4v) is 1.59. The summed E-state index contributed by atoms with van der Waals surface area (Å²) in [6.07, 6.45) is 9.10. The highest BCUT2D eigenvalue weighted by Crippen LogP contribution is 2.15. The molecule has 1 saturated carbocycles. The minimum absolute atomic E-state index is 0.105. The maximum absolute atomic E-state index is 10.3. The van der Waals surface area contributed by atoms with Crippen molar-refractivity contribution in [2.75, 3.05) is 19.8 Å². The van der Waals surface area contributed by atoms with Crippen LogP contribution < -0.4 is 0 Å². The second-order valence-corrected chi connectivity index (χ2v) is 4.32. The fourth-order valence-electron chi connectivity index (χ4n) is 1.59. The zero-order valence-corrected chi connectivity index (χ0v) is 13.2. The molecule has 0 bridgehead atoms. The molecule has 0 aromatic rings. The third kappa shape index (κ3) is 22.1. The average Bonchev–Trinajstić information content (AvgIpc) is 2.42. The van der Waals surface area contributed by atoms with Crippen LogP contribution in [0.2, 0.25) is 0 Å². The Balaban J connectivity index is 0. The zero-order valence-electron chi connectivity index (χ0n) is 13.2. The van der Waals surface area contributed by atoms with Crippen LogP contribution >= 0.6 is 0 Å². The van der Waals surface area contributed by atoms with Gasteiger partial charge in [0.05, 0.1) is 26.2 Å². The van der Waals surface area contributed by atoms with E-state index >= 15 is 0 Å². The molecule has 120 valence electrons. The molecule has 1 fully saturated rings. The molecular formula is C15H30O5. The number of carbonyl (C=O) groups is 2.